The first-order valence-electron chi connectivity index (χ1n) is 6.70. The molecule has 1 unspecified atom stereocenters. The molecule has 0 saturated carbocycles. The van der Waals surface area contributed by atoms with E-state index in [1.165, 1.54) is 11.3 Å². The Bertz CT molecular complexity index is 654. The fraction of sp³-hybridized carbons (Fsp3) is 0.357. The molecule has 0 aliphatic rings. The molecule has 118 valence electrons. The molecule has 22 heavy (non-hydrogen) atoms. The number of alkyl halides is 1. The van der Waals surface area contributed by atoms with Crippen LogP contribution < -0.4 is 0 Å². The van der Waals surface area contributed by atoms with E-state index in [0.29, 0.717) is 15.7 Å². The topological polar surface area (TPSA) is 70.4 Å². The molecule has 8 heteroatoms. The van der Waals surface area contributed by atoms with Crippen molar-refractivity contribution in [3.05, 3.63) is 35.1 Å². The lowest BCUT2D eigenvalue weighted by atomic mass is 10.2. The highest BCUT2D eigenvalue weighted by Crippen LogP contribution is 2.32. The van der Waals surface area contributed by atoms with Gasteiger partial charge in [-0.05, 0) is 26.0 Å². The summed E-state index contributed by atoms with van der Waals surface area (Å²) in [6.45, 7) is 3.95. The van der Waals surface area contributed by atoms with Crippen LogP contribution in [0.15, 0.2) is 24.5 Å². The Balaban J connectivity index is 2.41. The monoisotopic (exact) mass is 386 g/mol. The van der Waals surface area contributed by atoms with Crippen LogP contribution in [0.4, 0.5) is 0 Å². The molecule has 0 aromatic carbocycles. The molecule has 0 fully saturated rings. The third kappa shape index (κ3) is 3.56. The highest BCUT2D eigenvalue weighted by Gasteiger charge is 2.30. The van der Waals surface area contributed by atoms with Crippen molar-refractivity contribution in [3.8, 4) is 5.13 Å². The highest BCUT2D eigenvalue weighted by atomic mass is 79.9. The number of ether oxygens (including phenoxy) is 2. The van der Waals surface area contributed by atoms with E-state index in [1.807, 2.05) is 24.5 Å². The van der Waals surface area contributed by atoms with Gasteiger partial charge in [0.25, 0.3) is 0 Å². The number of hydrogen-bond acceptors (Lipinski definition) is 6. The quantitative estimate of drug-likeness (QED) is 0.563. The lowest BCUT2D eigenvalue weighted by molar-refractivity contribution is -0.142. The normalized spacial score (nSPS) is 12.0. The lowest BCUT2D eigenvalue weighted by Crippen LogP contribution is -2.14. The summed E-state index contributed by atoms with van der Waals surface area (Å²) in [5, 5.41) is 0.580. The second-order valence-electron chi connectivity index (χ2n) is 4.14. The van der Waals surface area contributed by atoms with Crippen LogP contribution in [0.5, 0.6) is 0 Å². The summed E-state index contributed by atoms with van der Waals surface area (Å²) in [7, 11) is 0. The molecule has 0 bridgehead atoms. The first-order valence-corrected chi connectivity index (χ1v) is 8.43. The number of carbonyl (C=O) groups excluding carboxylic acids is 2. The molecule has 0 aliphatic carbocycles. The minimum atomic E-state index is -0.813. The molecule has 2 aromatic heterocycles. The Labute approximate surface area is 140 Å². The van der Waals surface area contributed by atoms with Crippen molar-refractivity contribution in [1.29, 1.82) is 0 Å². The molecular formula is C14H15BrN2O4S. The maximum Gasteiger partial charge on any atom is 0.350 e. The number of carbonyl (C=O) groups is 2. The van der Waals surface area contributed by atoms with Crippen molar-refractivity contribution >= 4 is 39.2 Å². The van der Waals surface area contributed by atoms with E-state index in [4.69, 9.17) is 9.47 Å². The molecule has 0 aliphatic heterocycles. The zero-order valence-electron chi connectivity index (χ0n) is 12.1. The van der Waals surface area contributed by atoms with E-state index in [0.717, 1.165) is 0 Å². The zero-order chi connectivity index (χ0) is 16.1. The van der Waals surface area contributed by atoms with Gasteiger partial charge in [0.2, 0.25) is 0 Å². The summed E-state index contributed by atoms with van der Waals surface area (Å²) < 4.78 is 11.8. The van der Waals surface area contributed by atoms with E-state index in [1.54, 1.807) is 18.4 Å². The fourth-order valence-corrected chi connectivity index (χ4v) is 3.31. The number of aromatic nitrogens is 2. The van der Waals surface area contributed by atoms with Crippen LogP contribution in [0.3, 0.4) is 0 Å². The Kier molecular flexibility index (Phi) is 5.73. The lowest BCUT2D eigenvalue weighted by Gasteiger charge is -2.08. The number of thiazole rings is 1. The van der Waals surface area contributed by atoms with Crippen molar-refractivity contribution in [2.45, 2.75) is 18.7 Å². The molecule has 0 saturated heterocycles. The number of hydrogen-bond donors (Lipinski definition) is 0. The SMILES string of the molecule is CCOC(=O)c1sc(-n2cccc2)nc1C(Br)C(=O)OCC. The van der Waals surface area contributed by atoms with Gasteiger partial charge in [0.05, 0.1) is 18.9 Å². The van der Waals surface area contributed by atoms with Crippen LogP contribution in [-0.4, -0.2) is 34.7 Å². The number of esters is 2. The molecule has 6 nitrogen and oxygen atoms in total. The predicted molar refractivity (Wildman–Crippen MR) is 85.7 cm³/mol. The van der Waals surface area contributed by atoms with Crippen LogP contribution >= 0.6 is 27.3 Å². The van der Waals surface area contributed by atoms with E-state index < -0.39 is 16.8 Å². The summed E-state index contributed by atoms with van der Waals surface area (Å²) in [6.07, 6.45) is 3.62. The maximum absolute atomic E-state index is 12.1. The van der Waals surface area contributed by atoms with Gasteiger partial charge in [-0.25, -0.2) is 9.78 Å². The van der Waals surface area contributed by atoms with Gasteiger partial charge in [-0.15, -0.1) is 0 Å². The van der Waals surface area contributed by atoms with Gasteiger partial charge in [0, 0.05) is 12.4 Å². The van der Waals surface area contributed by atoms with Crippen molar-refractivity contribution in [3.63, 3.8) is 0 Å². The minimum absolute atomic E-state index is 0.251. The molecule has 0 radical (unpaired) electrons. The number of rotatable bonds is 6. The van der Waals surface area contributed by atoms with Gasteiger partial charge in [0.15, 0.2) is 9.96 Å². The van der Waals surface area contributed by atoms with Crippen LogP contribution in [0.2, 0.25) is 0 Å². The number of nitrogens with zero attached hydrogens (tertiary/aromatic N) is 2. The van der Waals surface area contributed by atoms with Crippen LogP contribution in [0.1, 0.15) is 34.0 Å². The minimum Gasteiger partial charge on any atom is -0.465 e. The third-order valence-electron chi connectivity index (χ3n) is 2.66. The van der Waals surface area contributed by atoms with E-state index in [9.17, 15) is 9.59 Å². The van der Waals surface area contributed by atoms with Crippen LogP contribution in [0, 0.1) is 0 Å². The first kappa shape index (κ1) is 16.7. The van der Waals surface area contributed by atoms with Crippen molar-refractivity contribution in [2.24, 2.45) is 0 Å². The Morgan fingerprint density at radius 2 is 1.91 bits per heavy atom. The molecule has 2 rings (SSSR count). The molecule has 2 aromatic rings. The molecule has 1 atom stereocenters. The van der Waals surface area contributed by atoms with E-state index in [-0.39, 0.29) is 13.2 Å². The predicted octanol–water partition coefficient (Wildman–Crippen LogP) is 3.11. The average Bonchev–Trinajstić information content (AvgIpc) is 3.16. The zero-order valence-corrected chi connectivity index (χ0v) is 14.5. The second-order valence-corrected chi connectivity index (χ2v) is 6.03. The van der Waals surface area contributed by atoms with Crippen LogP contribution in [-0.2, 0) is 14.3 Å². The summed E-state index contributed by atoms with van der Waals surface area (Å²) >= 11 is 4.42. The van der Waals surface area contributed by atoms with Gasteiger partial charge >= 0.3 is 11.9 Å². The first-order chi connectivity index (χ1) is 10.6. The van der Waals surface area contributed by atoms with Crippen LogP contribution in [0.25, 0.3) is 5.13 Å². The molecule has 0 spiro atoms. The van der Waals surface area contributed by atoms with Gasteiger partial charge in [0.1, 0.15) is 4.88 Å². The van der Waals surface area contributed by atoms with E-state index in [2.05, 4.69) is 20.9 Å². The average molecular weight is 387 g/mol. The molecule has 2 heterocycles. The summed E-state index contributed by atoms with van der Waals surface area (Å²) in [5.41, 5.74) is 0.311. The maximum atomic E-state index is 12.1. The summed E-state index contributed by atoms with van der Waals surface area (Å²) in [6, 6.07) is 3.70. The summed E-state index contributed by atoms with van der Waals surface area (Å²) in [5.74, 6) is -0.987. The Morgan fingerprint density at radius 1 is 1.27 bits per heavy atom. The fourth-order valence-electron chi connectivity index (χ4n) is 1.73. The van der Waals surface area contributed by atoms with Gasteiger partial charge in [-0.3, -0.25) is 4.79 Å². The molecule has 0 N–H and O–H groups in total. The highest BCUT2D eigenvalue weighted by molar-refractivity contribution is 9.09. The Hall–Kier alpha value is -1.67. The molecule has 0 amide bonds. The largest absolute Gasteiger partial charge is 0.465 e. The van der Waals surface area contributed by atoms with Crippen molar-refractivity contribution < 1.29 is 19.1 Å². The van der Waals surface area contributed by atoms with Crippen molar-refractivity contribution in [1.82, 2.24) is 9.55 Å². The standard InChI is InChI=1S/C14H15BrN2O4S/c1-3-20-12(18)9(15)10-11(13(19)21-4-2)22-14(16-10)17-7-5-6-8-17/h5-9H,3-4H2,1-2H3. The summed E-state index contributed by atoms with van der Waals surface area (Å²) in [4.78, 5) is 27.9. The second kappa shape index (κ2) is 7.55. The van der Waals surface area contributed by atoms with Crippen molar-refractivity contribution in [2.75, 3.05) is 13.2 Å². The third-order valence-corrected chi connectivity index (χ3v) is 4.53. The van der Waals surface area contributed by atoms with Gasteiger partial charge in [-0.2, -0.15) is 0 Å². The molecular weight excluding hydrogens is 372 g/mol. The van der Waals surface area contributed by atoms with Gasteiger partial charge in [-0.1, -0.05) is 27.3 Å². The smallest absolute Gasteiger partial charge is 0.350 e. The number of halogens is 1. The van der Waals surface area contributed by atoms with E-state index >= 15 is 0 Å². The van der Waals surface area contributed by atoms with Gasteiger partial charge < -0.3 is 14.0 Å². The Morgan fingerprint density at radius 3 is 2.50 bits per heavy atom.